The maximum absolute atomic E-state index is 12.8. The highest BCUT2D eigenvalue weighted by Gasteiger charge is 2.14. The maximum Gasteiger partial charge on any atom is 0.343 e. The van der Waals surface area contributed by atoms with E-state index in [4.69, 9.17) is 5.73 Å². The van der Waals surface area contributed by atoms with E-state index < -0.39 is 5.69 Å². The fourth-order valence-corrected chi connectivity index (χ4v) is 3.53. The van der Waals surface area contributed by atoms with Gasteiger partial charge in [-0.15, -0.1) is 5.10 Å². The molecular formula is C21H25FN8O. The topological polar surface area (TPSA) is 118 Å². The second-order valence-electron chi connectivity index (χ2n) is 7.44. The van der Waals surface area contributed by atoms with Crippen molar-refractivity contribution in [3.63, 3.8) is 0 Å². The van der Waals surface area contributed by atoms with Gasteiger partial charge in [-0.25, -0.2) is 18.9 Å². The lowest BCUT2D eigenvalue weighted by Gasteiger charge is -2.28. The third-order valence-electron chi connectivity index (χ3n) is 5.27. The second kappa shape index (κ2) is 9.19. The molecule has 10 heteroatoms. The average molecular weight is 424 g/mol. The van der Waals surface area contributed by atoms with Crippen LogP contribution in [0.5, 0.6) is 0 Å². The number of hydrogen-bond acceptors (Lipinski definition) is 7. The van der Waals surface area contributed by atoms with Crippen molar-refractivity contribution in [1.82, 2.24) is 30.0 Å². The molecular weight excluding hydrogens is 399 g/mol. The minimum atomic E-state index is -0.444. The average Bonchev–Trinajstić information content (AvgIpc) is 3.17. The highest BCUT2D eigenvalue weighted by molar-refractivity contribution is 5.67. The van der Waals surface area contributed by atoms with E-state index in [1.807, 2.05) is 31.3 Å². The number of aromatic nitrogens is 5. The van der Waals surface area contributed by atoms with Gasteiger partial charge in [0.15, 0.2) is 5.82 Å². The largest absolute Gasteiger partial charge is 0.354 e. The van der Waals surface area contributed by atoms with Gasteiger partial charge in [-0.3, -0.25) is 9.97 Å². The number of pyridine rings is 2. The summed E-state index contributed by atoms with van der Waals surface area (Å²) >= 11 is 0. The molecule has 4 heterocycles. The third-order valence-corrected chi connectivity index (χ3v) is 5.27. The summed E-state index contributed by atoms with van der Waals surface area (Å²) in [5.41, 5.74) is 8.59. The molecule has 0 aromatic carbocycles. The first kappa shape index (κ1) is 20.9. The van der Waals surface area contributed by atoms with Crippen molar-refractivity contribution in [1.29, 1.82) is 0 Å². The molecule has 0 saturated carbocycles. The molecule has 0 spiro atoms. The van der Waals surface area contributed by atoms with Gasteiger partial charge < -0.3 is 16.0 Å². The first-order valence-corrected chi connectivity index (χ1v) is 10.1. The van der Waals surface area contributed by atoms with Crippen molar-refractivity contribution in [2.45, 2.75) is 13.5 Å². The number of halogens is 1. The zero-order chi connectivity index (χ0) is 21.8. The van der Waals surface area contributed by atoms with Crippen LogP contribution in [0.4, 0.5) is 10.2 Å². The number of nitrogens with zero attached hydrogens (tertiary/aromatic N) is 5. The zero-order valence-electron chi connectivity index (χ0n) is 17.3. The lowest BCUT2D eigenvalue weighted by molar-refractivity contribution is 0.585. The predicted octanol–water partition coefficient (Wildman–Crippen LogP) is 1.23. The van der Waals surface area contributed by atoms with E-state index in [1.54, 1.807) is 6.20 Å². The Balaban J connectivity index is 1.55. The van der Waals surface area contributed by atoms with Crippen LogP contribution in [0.15, 0.2) is 47.3 Å². The monoisotopic (exact) mass is 424 g/mol. The van der Waals surface area contributed by atoms with Crippen molar-refractivity contribution in [3.8, 4) is 22.6 Å². The van der Waals surface area contributed by atoms with Gasteiger partial charge in [0.25, 0.3) is 0 Å². The number of aromatic amines is 1. The number of anilines is 1. The van der Waals surface area contributed by atoms with Crippen LogP contribution < -0.4 is 21.6 Å². The normalized spacial score (nSPS) is 14.8. The smallest absolute Gasteiger partial charge is 0.343 e. The summed E-state index contributed by atoms with van der Waals surface area (Å²) in [4.78, 5) is 26.2. The van der Waals surface area contributed by atoms with Gasteiger partial charge in [0, 0.05) is 56.2 Å². The van der Waals surface area contributed by atoms with Crippen molar-refractivity contribution in [2.24, 2.45) is 5.73 Å². The van der Waals surface area contributed by atoms with Crippen molar-refractivity contribution < 1.29 is 4.39 Å². The molecule has 0 amide bonds. The number of aryl methyl sites for hydroxylation is 1. The summed E-state index contributed by atoms with van der Waals surface area (Å²) < 4.78 is 13.9. The first-order valence-electron chi connectivity index (χ1n) is 10.1. The maximum atomic E-state index is 12.8. The van der Waals surface area contributed by atoms with E-state index in [0.717, 1.165) is 53.4 Å². The minimum absolute atomic E-state index is 0.00936. The molecule has 1 aliphatic rings. The Morgan fingerprint density at radius 2 is 2.00 bits per heavy atom. The summed E-state index contributed by atoms with van der Waals surface area (Å²) in [6, 6.07) is 6.04. The number of piperazine rings is 1. The number of nitrogens with one attached hydrogen (secondary N) is 2. The molecule has 0 unspecified atom stereocenters. The Labute approximate surface area is 178 Å². The molecule has 4 N–H and O–H groups in total. The Morgan fingerprint density at radius 3 is 2.65 bits per heavy atom. The van der Waals surface area contributed by atoms with Gasteiger partial charge in [-0.1, -0.05) is 0 Å². The summed E-state index contributed by atoms with van der Waals surface area (Å²) in [5.74, 6) is 1.30. The van der Waals surface area contributed by atoms with Crippen LogP contribution in [0.2, 0.25) is 0 Å². The number of rotatable bonds is 6. The zero-order valence-corrected chi connectivity index (χ0v) is 17.3. The molecule has 3 aromatic rings. The summed E-state index contributed by atoms with van der Waals surface area (Å²) in [6.45, 7) is 5.72. The van der Waals surface area contributed by atoms with Gasteiger partial charge in [0.1, 0.15) is 11.5 Å². The Kier molecular flexibility index (Phi) is 6.19. The van der Waals surface area contributed by atoms with Crippen molar-refractivity contribution in [3.05, 3.63) is 58.5 Å². The van der Waals surface area contributed by atoms with Crippen LogP contribution in [0, 0.1) is 6.92 Å². The summed E-state index contributed by atoms with van der Waals surface area (Å²) in [7, 11) is 0. The van der Waals surface area contributed by atoms with Crippen LogP contribution >= 0.6 is 0 Å². The molecule has 1 fully saturated rings. The van der Waals surface area contributed by atoms with E-state index in [0.29, 0.717) is 17.8 Å². The van der Waals surface area contributed by atoms with Gasteiger partial charge in [-0.05, 0) is 36.3 Å². The molecule has 0 atom stereocenters. The van der Waals surface area contributed by atoms with Crippen LogP contribution in [-0.2, 0) is 6.54 Å². The molecule has 0 radical (unpaired) electrons. The van der Waals surface area contributed by atoms with Crippen molar-refractivity contribution in [2.75, 3.05) is 37.6 Å². The lowest BCUT2D eigenvalue weighted by Crippen LogP contribution is -2.43. The standard InChI is InChI=1S/C21H25FN8O/c1-14-8-17(16-2-3-18(25-11-16)29-6-4-24-5-7-29)12-26-19(14)20-27-21(31)30(28-20)13-15(9-22)10-23/h2-3,8-9,11-12,24H,4-7,10,13,23H2,1H3,(H,27,28,31)/b15-9+. The highest BCUT2D eigenvalue weighted by Crippen LogP contribution is 2.25. The van der Waals surface area contributed by atoms with Crippen LogP contribution in [-0.4, -0.2) is 57.5 Å². The van der Waals surface area contributed by atoms with Crippen LogP contribution in [0.1, 0.15) is 5.56 Å². The number of hydrogen-bond donors (Lipinski definition) is 3. The SMILES string of the molecule is Cc1cc(-c2ccc(N3CCNCC3)nc2)cnc1-c1nn(C/C(=C/F)CN)c(=O)[nH]1. The van der Waals surface area contributed by atoms with E-state index in [-0.39, 0.29) is 18.7 Å². The molecule has 9 nitrogen and oxygen atoms in total. The van der Waals surface area contributed by atoms with Crippen molar-refractivity contribution >= 4 is 5.82 Å². The van der Waals surface area contributed by atoms with E-state index >= 15 is 0 Å². The lowest BCUT2D eigenvalue weighted by atomic mass is 10.1. The Bertz CT molecular complexity index is 1130. The quantitative estimate of drug-likeness (QED) is 0.545. The Morgan fingerprint density at radius 1 is 1.23 bits per heavy atom. The fourth-order valence-electron chi connectivity index (χ4n) is 3.53. The molecule has 1 saturated heterocycles. The molecule has 31 heavy (non-hydrogen) atoms. The fraction of sp³-hybridized carbons (Fsp3) is 0.333. The van der Waals surface area contributed by atoms with Gasteiger partial charge in [-0.2, -0.15) is 0 Å². The van der Waals surface area contributed by atoms with E-state index in [2.05, 4.69) is 30.3 Å². The molecule has 0 bridgehead atoms. The molecule has 3 aromatic heterocycles. The van der Waals surface area contributed by atoms with Gasteiger partial charge in [0.2, 0.25) is 0 Å². The van der Waals surface area contributed by atoms with Gasteiger partial charge in [0.05, 0.1) is 12.9 Å². The van der Waals surface area contributed by atoms with E-state index in [9.17, 15) is 9.18 Å². The highest BCUT2D eigenvalue weighted by atomic mass is 19.1. The summed E-state index contributed by atoms with van der Waals surface area (Å²) in [6.07, 6.45) is 3.98. The molecule has 0 aliphatic carbocycles. The van der Waals surface area contributed by atoms with Crippen LogP contribution in [0.25, 0.3) is 22.6 Å². The molecule has 162 valence electrons. The first-order chi connectivity index (χ1) is 15.1. The number of H-pyrrole nitrogens is 1. The minimum Gasteiger partial charge on any atom is -0.354 e. The Hall–Kier alpha value is -3.37. The van der Waals surface area contributed by atoms with Crippen LogP contribution in [0.3, 0.4) is 0 Å². The summed E-state index contributed by atoms with van der Waals surface area (Å²) in [5, 5.41) is 7.58. The second-order valence-corrected chi connectivity index (χ2v) is 7.44. The molecule has 4 rings (SSSR count). The number of nitrogens with two attached hydrogens (primary N) is 1. The third kappa shape index (κ3) is 4.54. The van der Waals surface area contributed by atoms with Gasteiger partial charge >= 0.3 is 5.69 Å². The molecule has 1 aliphatic heterocycles. The predicted molar refractivity (Wildman–Crippen MR) is 117 cm³/mol. The van der Waals surface area contributed by atoms with E-state index in [1.165, 1.54) is 0 Å².